The van der Waals surface area contributed by atoms with Crippen LogP contribution in [0.25, 0.3) is 0 Å². The number of urea groups is 1. The lowest BCUT2D eigenvalue weighted by molar-refractivity contribution is 0.180. The van der Waals surface area contributed by atoms with Gasteiger partial charge in [-0.25, -0.2) is 4.79 Å². The van der Waals surface area contributed by atoms with Crippen molar-refractivity contribution in [2.24, 2.45) is 0 Å². The molecule has 0 fully saturated rings. The molecular weight excluding hydrogens is 492 g/mol. The highest BCUT2D eigenvalue weighted by atomic mass is 16.5. The number of hydrogen-bond acceptors (Lipinski definition) is 6. The Balaban J connectivity index is 1.45. The second kappa shape index (κ2) is 11.7. The molecule has 2 N–H and O–H groups in total. The van der Waals surface area contributed by atoms with E-state index < -0.39 is 0 Å². The highest BCUT2D eigenvalue weighted by Gasteiger charge is 2.34. The first kappa shape index (κ1) is 26.4. The molecule has 8 nitrogen and oxygen atoms in total. The van der Waals surface area contributed by atoms with Crippen molar-refractivity contribution in [1.29, 1.82) is 0 Å². The molecule has 3 aromatic rings. The van der Waals surface area contributed by atoms with E-state index in [4.69, 9.17) is 14.2 Å². The Kier molecular flexibility index (Phi) is 7.91. The molecule has 1 unspecified atom stereocenters. The molecule has 1 aromatic heterocycles. The summed E-state index contributed by atoms with van der Waals surface area (Å²) in [4.78, 5) is 19.8. The predicted octanol–water partition coefficient (Wildman–Crippen LogP) is 4.71. The average Bonchev–Trinajstić information content (AvgIpc) is 3.46. The summed E-state index contributed by atoms with van der Waals surface area (Å²) in [6.45, 7) is 8.05. The standard InChI is InChI=1S/C31H36N4O4/c1-20-5-8-26(21(2)13-20)30-27-15-29(39-12-10-23-7-6-22(3)32-16-23)28(37-4)14-24(27)9-11-35(30)31(36)33-17-25-18-38-19-34-25/h5-8,13-16,18,30,34H,9-12,17,19H2,1-4H3,(H,33,36). The first-order valence-corrected chi connectivity index (χ1v) is 13.3. The van der Waals surface area contributed by atoms with Crippen molar-refractivity contribution >= 4 is 6.03 Å². The van der Waals surface area contributed by atoms with E-state index in [0.717, 1.165) is 52.0 Å². The number of hydrogen-bond donors (Lipinski definition) is 2. The third-order valence-electron chi connectivity index (χ3n) is 7.29. The molecular formula is C31H36N4O4. The van der Waals surface area contributed by atoms with Gasteiger partial charge in [-0.2, -0.15) is 0 Å². The molecule has 0 saturated heterocycles. The Morgan fingerprint density at radius 1 is 1.13 bits per heavy atom. The van der Waals surface area contributed by atoms with Crippen LogP contribution in [0.1, 0.15) is 45.1 Å². The lowest BCUT2D eigenvalue weighted by Crippen LogP contribution is -2.47. The van der Waals surface area contributed by atoms with Crippen LogP contribution in [-0.2, 0) is 17.6 Å². The third kappa shape index (κ3) is 5.95. The molecule has 39 heavy (non-hydrogen) atoms. The topological polar surface area (TPSA) is 85.0 Å². The smallest absolute Gasteiger partial charge is 0.318 e. The van der Waals surface area contributed by atoms with E-state index in [1.165, 1.54) is 5.56 Å². The Morgan fingerprint density at radius 3 is 2.72 bits per heavy atom. The maximum Gasteiger partial charge on any atom is 0.318 e. The Bertz CT molecular complexity index is 1370. The van der Waals surface area contributed by atoms with Crippen LogP contribution in [0.5, 0.6) is 11.5 Å². The molecule has 8 heteroatoms. The number of aromatic nitrogens is 1. The normalized spacial score (nSPS) is 16.1. The van der Waals surface area contributed by atoms with Crippen molar-refractivity contribution in [1.82, 2.24) is 20.5 Å². The van der Waals surface area contributed by atoms with Gasteiger partial charge < -0.3 is 29.7 Å². The van der Waals surface area contributed by atoms with E-state index in [1.807, 2.05) is 24.1 Å². The van der Waals surface area contributed by atoms with Crippen LogP contribution in [-0.4, -0.2) is 49.5 Å². The molecule has 0 bridgehead atoms. The zero-order valence-electron chi connectivity index (χ0n) is 23.0. The predicted molar refractivity (Wildman–Crippen MR) is 150 cm³/mol. The molecule has 5 rings (SSSR count). The fraction of sp³-hybridized carbons (Fsp3) is 0.355. The van der Waals surface area contributed by atoms with Gasteiger partial charge >= 0.3 is 6.03 Å². The highest BCUT2D eigenvalue weighted by Crippen LogP contribution is 2.42. The molecule has 0 saturated carbocycles. The molecule has 2 aliphatic heterocycles. The van der Waals surface area contributed by atoms with E-state index in [-0.39, 0.29) is 12.1 Å². The molecule has 1 atom stereocenters. The number of fused-ring (bicyclic) bond motifs is 1. The van der Waals surface area contributed by atoms with E-state index in [0.29, 0.717) is 37.9 Å². The van der Waals surface area contributed by atoms with Gasteiger partial charge in [0.1, 0.15) is 6.26 Å². The zero-order chi connectivity index (χ0) is 27.4. The van der Waals surface area contributed by atoms with Gasteiger partial charge in [-0.05, 0) is 73.2 Å². The number of nitrogens with zero attached hydrogens (tertiary/aromatic N) is 2. The van der Waals surface area contributed by atoms with Gasteiger partial charge in [-0.15, -0.1) is 0 Å². The first-order valence-electron chi connectivity index (χ1n) is 13.3. The highest BCUT2D eigenvalue weighted by molar-refractivity contribution is 5.76. The molecule has 2 aromatic carbocycles. The summed E-state index contributed by atoms with van der Waals surface area (Å²) in [6, 6.07) is 14.2. The van der Waals surface area contributed by atoms with E-state index in [2.05, 4.69) is 65.9 Å². The number of amides is 2. The largest absolute Gasteiger partial charge is 0.493 e. The van der Waals surface area contributed by atoms with Crippen molar-refractivity contribution in [3.8, 4) is 11.5 Å². The summed E-state index contributed by atoms with van der Waals surface area (Å²) in [5, 5.41) is 6.18. The van der Waals surface area contributed by atoms with Gasteiger partial charge in [0, 0.05) is 24.9 Å². The summed E-state index contributed by atoms with van der Waals surface area (Å²) < 4.78 is 17.2. The van der Waals surface area contributed by atoms with Crippen molar-refractivity contribution in [3.63, 3.8) is 0 Å². The van der Waals surface area contributed by atoms with Crippen molar-refractivity contribution in [2.45, 2.75) is 39.7 Å². The van der Waals surface area contributed by atoms with Gasteiger partial charge in [0.2, 0.25) is 0 Å². The third-order valence-corrected chi connectivity index (χ3v) is 7.29. The van der Waals surface area contributed by atoms with E-state index in [1.54, 1.807) is 13.4 Å². The van der Waals surface area contributed by atoms with Gasteiger partial charge in [0.25, 0.3) is 0 Å². The molecule has 0 aliphatic carbocycles. The second-order valence-electron chi connectivity index (χ2n) is 10.1. The van der Waals surface area contributed by atoms with Gasteiger partial charge in [0.05, 0.1) is 32.0 Å². The SMILES string of the molecule is COc1cc2c(cc1OCCc1ccc(C)nc1)C(c1ccc(C)cc1C)N(C(=O)NCC1=COCN1)CC2. The van der Waals surface area contributed by atoms with Crippen molar-refractivity contribution in [3.05, 3.63) is 99.7 Å². The van der Waals surface area contributed by atoms with Crippen LogP contribution < -0.4 is 20.1 Å². The number of rotatable bonds is 8. The maximum atomic E-state index is 13.5. The summed E-state index contributed by atoms with van der Waals surface area (Å²) in [5.74, 6) is 1.37. The summed E-state index contributed by atoms with van der Waals surface area (Å²) in [5.41, 5.74) is 8.60. The second-order valence-corrected chi connectivity index (χ2v) is 10.1. The molecule has 2 aliphatic rings. The van der Waals surface area contributed by atoms with Crippen LogP contribution in [0, 0.1) is 20.8 Å². The number of methoxy groups -OCH3 is 1. The van der Waals surface area contributed by atoms with Crippen LogP contribution in [0.3, 0.4) is 0 Å². The average molecular weight is 529 g/mol. The maximum absolute atomic E-state index is 13.5. The Hall–Kier alpha value is -4.20. The van der Waals surface area contributed by atoms with E-state index >= 15 is 0 Å². The molecule has 2 amide bonds. The number of benzene rings is 2. The van der Waals surface area contributed by atoms with Crippen molar-refractivity contribution < 1.29 is 19.0 Å². The van der Waals surface area contributed by atoms with Crippen LogP contribution in [0.4, 0.5) is 4.79 Å². The van der Waals surface area contributed by atoms with Crippen molar-refractivity contribution in [2.75, 3.05) is 33.5 Å². The monoisotopic (exact) mass is 528 g/mol. The molecule has 3 heterocycles. The number of carbonyl (C=O) groups is 1. The summed E-state index contributed by atoms with van der Waals surface area (Å²) in [6.07, 6.45) is 4.99. The minimum absolute atomic E-state index is 0.120. The lowest BCUT2D eigenvalue weighted by atomic mass is 9.85. The van der Waals surface area contributed by atoms with Gasteiger partial charge in [-0.3, -0.25) is 4.98 Å². The zero-order valence-corrected chi connectivity index (χ0v) is 23.0. The summed E-state index contributed by atoms with van der Waals surface area (Å²) in [7, 11) is 1.66. The number of pyridine rings is 1. The number of carbonyl (C=O) groups excluding carboxylic acids is 1. The van der Waals surface area contributed by atoms with E-state index in [9.17, 15) is 4.79 Å². The minimum atomic E-state index is -0.259. The molecule has 204 valence electrons. The fourth-order valence-corrected chi connectivity index (χ4v) is 5.21. The van der Waals surface area contributed by atoms with Crippen LogP contribution in [0.2, 0.25) is 0 Å². The summed E-state index contributed by atoms with van der Waals surface area (Å²) >= 11 is 0. The Morgan fingerprint density at radius 2 is 2.00 bits per heavy atom. The first-order chi connectivity index (χ1) is 18.9. The number of nitrogens with one attached hydrogen (secondary N) is 2. The van der Waals surface area contributed by atoms with Crippen LogP contribution >= 0.6 is 0 Å². The minimum Gasteiger partial charge on any atom is -0.493 e. The van der Waals surface area contributed by atoms with Gasteiger partial charge in [-0.1, -0.05) is 29.8 Å². The molecule has 0 radical (unpaired) electrons. The lowest BCUT2D eigenvalue weighted by Gasteiger charge is -2.39. The fourth-order valence-electron chi connectivity index (χ4n) is 5.21. The van der Waals surface area contributed by atoms with Crippen LogP contribution in [0.15, 0.2) is 60.6 Å². The molecule has 0 spiro atoms. The quantitative estimate of drug-likeness (QED) is 0.441. The number of ether oxygens (including phenoxy) is 3. The van der Waals surface area contributed by atoms with Gasteiger partial charge in [0.15, 0.2) is 18.2 Å². The number of aryl methyl sites for hydroxylation is 3. The Labute approximate surface area is 230 Å².